The Morgan fingerprint density at radius 3 is 2.91 bits per heavy atom. The molecule has 0 unspecified atom stereocenters. The van der Waals surface area contributed by atoms with Gasteiger partial charge in [0.05, 0.1) is 24.0 Å². The topological polar surface area (TPSA) is 126 Å². The summed E-state index contributed by atoms with van der Waals surface area (Å²) >= 11 is 0. The van der Waals surface area contributed by atoms with Crippen molar-refractivity contribution in [1.82, 2.24) is 20.2 Å². The lowest BCUT2D eigenvalue weighted by molar-refractivity contribution is -0.580. The smallest absolute Gasteiger partial charge is 0.349 e. The summed E-state index contributed by atoms with van der Waals surface area (Å²) in [6, 6.07) is 3.98. The Labute approximate surface area is 196 Å². The maximum absolute atomic E-state index is 13.6. The van der Waals surface area contributed by atoms with E-state index in [4.69, 9.17) is 0 Å². The lowest BCUT2D eigenvalue weighted by atomic mass is 10.1. The molecule has 3 N–H and O–H groups in total. The third-order valence-corrected chi connectivity index (χ3v) is 6.37. The molecule has 4 heterocycles. The largest absolute Gasteiger partial charge is 0.754 e. The number of fused-ring (bicyclic) bond motifs is 1. The van der Waals surface area contributed by atoms with E-state index in [0.29, 0.717) is 30.3 Å². The Kier molecular flexibility index (Phi) is 5.76. The van der Waals surface area contributed by atoms with E-state index < -0.39 is 12.0 Å². The number of nitrogens with zero attached hydrogens (tertiary/aromatic N) is 5. The van der Waals surface area contributed by atoms with Gasteiger partial charge in [-0.25, -0.2) is 9.71 Å². The number of pyridine rings is 1. The number of aromatic amines is 1. The van der Waals surface area contributed by atoms with Crippen molar-refractivity contribution in [2.24, 2.45) is 0 Å². The van der Waals surface area contributed by atoms with Crippen LogP contribution >= 0.6 is 0 Å². The molecule has 0 radical (unpaired) electrons. The molecule has 3 aromatic heterocycles. The second kappa shape index (κ2) is 8.88. The average molecular weight is 467 g/mol. The molecule has 3 aromatic rings. The fourth-order valence-corrected chi connectivity index (χ4v) is 4.57. The molecule has 1 aliphatic carbocycles. The van der Waals surface area contributed by atoms with Crippen LogP contribution in [0.25, 0.3) is 0 Å². The number of hydrogen-bond acceptors (Lipinski definition) is 7. The molecule has 1 aliphatic heterocycles. The summed E-state index contributed by atoms with van der Waals surface area (Å²) < 4.78 is 13.9. The van der Waals surface area contributed by atoms with Gasteiger partial charge in [-0.05, 0) is 43.7 Å². The number of halogens is 1. The maximum Gasteiger partial charge on any atom is 0.349 e. The molecule has 178 valence electrons. The van der Waals surface area contributed by atoms with Crippen molar-refractivity contribution in [3.63, 3.8) is 0 Å². The Hall–Kier alpha value is -3.76. The third-order valence-electron chi connectivity index (χ3n) is 6.37. The number of hydrogen-bond donors (Lipinski definition) is 3. The molecule has 0 bridgehead atoms. The minimum Gasteiger partial charge on any atom is -0.754 e. The van der Waals surface area contributed by atoms with Gasteiger partial charge in [-0.3, -0.25) is 20.1 Å². The van der Waals surface area contributed by atoms with E-state index >= 15 is 0 Å². The standard InChI is InChI=1S/C23H27FN8O2/c1-13(2)17-11-20(30-29-17)28-21-15-5-3-6-16(15)27-23(32(21)34)31-10-4-7-18(31)22(33)26-14-8-9-19(24)25-12-14/h8-9,11-13,18H,3-7,10H2,1-2H3,(H,26,33)(H2,28,29,30)/t18-/m0/s1. The fraction of sp³-hybridized carbons (Fsp3) is 0.435. The summed E-state index contributed by atoms with van der Waals surface area (Å²) in [5.41, 5.74) is 3.14. The molecule has 0 saturated carbocycles. The summed E-state index contributed by atoms with van der Waals surface area (Å²) in [5, 5.41) is 26.8. The van der Waals surface area contributed by atoms with Gasteiger partial charge in [0, 0.05) is 18.2 Å². The predicted molar refractivity (Wildman–Crippen MR) is 124 cm³/mol. The van der Waals surface area contributed by atoms with Crippen LogP contribution in [0.5, 0.6) is 0 Å². The number of aromatic nitrogens is 5. The Morgan fingerprint density at radius 1 is 1.32 bits per heavy atom. The van der Waals surface area contributed by atoms with Crippen LogP contribution in [0.1, 0.15) is 56.0 Å². The second-order valence-electron chi connectivity index (χ2n) is 9.03. The lowest BCUT2D eigenvalue weighted by Crippen LogP contribution is -2.48. The molecular formula is C23H27FN8O2. The summed E-state index contributed by atoms with van der Waals surface area (Å²) in [6.45, 7) is 4.66. The molecule has 1 saturated heterocycles. The third kappa shape index (κ3) is 4.13. The molecule has 11 heteroatoms. The number of carbonyl (C=O) groups is 1. The van der Waals surface area contributed by atoms with Gasteiger partial charge in [0.25, 0.3) is 5.91 Å². The van der Waals surface area contributed by atoms with Crippen LogP contribution in [-0.4, -0.2) is 38.7 Å². The van der Waals surface area contributed by atoms with Gasteiger partial charge in [-0.15, -0.1) is 10.1 Å². The molecule has 34 heavy (non-hydrogen) atoms. The summed E-state index contributed by atoms with van der Waals surface area (Å²) in [4.78, 5) is 23.0. The van der Waals surface area contributed by atoms with E-state index in [9.17, 15) is 14.4 Å². The SMILES string of the molecule is CC(C)c1cc(Nc2c3c(nc(N4CCC[C@H]4C(=O)Nc4ccc(F)nc4)[n+]2[O-])CCC3)n[nH]1. The van der Waals surface area contributed by atoms with Crippen LogP contribution in [0.2, 0.25) is 0 Å². The fourth-order valence-electron chi connectivity index (χ4n) is 4.57. The highest BCUT2D eigenvalue weighted by molar-refractivity contribution is 5.96. The van der Waals surface area contributed by atoms with Crippen molar-refractivity contribution < 1.29 is 13.9 Å². The highest BCUT2D eigenvalue weighted by atomic mass is 19.1. The quantitative estimate of drug-likeness (QED) is 0.290. The zero-order valence-electron chi connectivity index (χ0n) is 19.1. The molecule has 10 nitrogen and oxygen atoms in total. The Bertz CT molecular complexity index is 1210. The molecule has 0 aromatic carbocycles. The zero-order valence-corrected chi connectivity index (χ0v) is 19.1. The van der Waals surface area contributed by atoms with E-state index in [1.165, 1.54) is 18.3 Å². The van der Waals surface area contributed by atoms with E-state index in [2.05, 4.69) is 44.6 Å². The van der Waals surface area contributed by atoms with Crippen molar-refractivity contribution >= 4 is 29.2 Å². The van der Waals surface area contributed by atoms with E-state index in [1.54, 1.807) is 4.90 Å². The summed E-state index contributed by atoms with van der Waals surface area (Å²) in [5.74, 6) is 0.565. The molecule has 2 aliphatic rings. The van der Waals surface area contributed by atoms with E-state index in [-0.39, 0.29) is 17.8 Å². The molecule has 5 rings (SSSR count). The van der Waals surface area contributed by atoms with Crippen molar-refractivity contribution in [3.8, 4) is 0 Å². The van der Waals surface area contributed by atoms with Gasteiger partial charge in [0.2, 0.25) is 11.8 Å². The Balaban J connectivity index is 1.45. The molecule has 0 spiro atoms. The van der Waals surface area contributed by atoms with Crippen LogP contribution in [-0.2, 0) is 17.6 Å². The molecule has 1 amide bonds. The first-order valence-corrected chi connectivity index (χ1v) is 11.6. The average Bonchev–Trinajstić information content (AvgIpc) is 3.57. The summed E-state index contributed by atoms with van der Waals surface area (Å²) in [7, 11) is 0. The lowest BCUT2D eigenvalue weighted by Gasteiger charge is -2.26. The zero-order chi connectivity index (χ0) is 23.8. The highest BCUT2D eigenvalue weighted by Crippen LogP contribution is 2.31. The molecule has 1 atom stereocenters. The van der Waals surface area contributed by atoms with E-state index in [0.717, 1.165) is 47.4 Å². The van der Waals surface area contributed by atoms with Crippen LogP contribution in [0, 0.1) is 11.2 Å². The summed E-state index contributed by atoms with van der Waals surface area (Å²) in [6.07, 6.45) is 5.06. The van der Waals surface area contributed by atoms with Crippen molar-refractivity contribution in [2.75, 3.05) is 22.1 Å². The van der Waals surface area contributed by atoms with Gasteiger partial charge in [-0.1, -0.05) is 13.8 Å². The minimum atomic E-state index is -0.618. The minimum absolute atomic E-state index is 0.206. The first-order chi connectivity index (χ1) is 16.4. The van der Waals surface area contributed by atoms with Crippen molar-refractivity contribution in [2.45, 2.75) is 57.9 Å². The highest BCUT2D eigenvalue weighted by Gasteiger charge is 2.39. The van der Waals surface area contributed by atoms with Crippen LogP contribution < -0.4 is 20.3 Å². The maximum atomic E-state index is 13.6. The molecular weight excluding hydrogens is 439 g/mol. The first kappa shape index (κ1) is 22.1. The van der Waals surface area contributed by atoms with Crippen molar-refractivity contribution in [1.29, 1.82) is 0 Å². The van der Waals surface area contributed by atoms with Crippen molar-refractivity contribution in [3.05, 3.63) is 52.5 Å². The number of H-pyrrole nitrogens is 1. The number of carbonyl (C=O) groups excluding carboxylic acids is 1. The monoisotopic (exact) mass is 466 g/mol. The molecule has 1 fully saturated rings. The van der Waals surface area contributed by atoms with Crippen LogP contribution in [0.4, 0.5) is 27.7 Å². The van der Waals surface area contributed by atoms with Crippen LogP contribution in [0.3, 0.4) is 0 Å². The Morgan fingerprint density at radius 2 is 2.18 bits per heavy atom. The normalized spacial score (nSPS) is 17.3. The number of rotatable bonds is 6. The second-order valence-corrected chi connectivity index (χ2v) is 9.03. The van der Waals surface area contributed by atoms with Gasteiger partial charge < -0.3 is 10.5 Å². The first-order valence-electron chi connectivity index (χ1n) is 11.6. The van der Waals surface area contributed by atoms with Crippen LogP contribution in [0.15, 0.2) is 24.4 Å². The predicted octanol–water partition coefficient (Wildman–Crippen LogP) is 2.94. The van der Waals surface area contributed by atoms with Gasteiger partial charge in [-0.2, -0.15) is 4.39 Å². The van der Waals surface area contributed by atoms with Gasteiger partial charge in [0.15, 0.2) is 5.82 Å². The number of amides is 1. The van der Waals surface area contributed by atoms with Gasteiger partial charge >= 0.3 is 5.95 Å². The van der Waals surface area contributed by atoms with E-state index in [1.807, 2.05) is 6.07 Å². The number of anilines is 4. The number of aryl methyl sites for hydroxylation is 1. The van der Waals surface area contributed by atoms with Gasteiger partial charge in [0.1, 0.15) is 11.7 Å². The number of nitrogens with one attached hydrogen (secondary N) is 3.